The van der Waals surface area contributed by atoms with Crippen LogP contribution in [0.5, 0.6) is 0 Å². The molecule has 3 rings (SSSR count). The van der Waals surface area contributed by atoms with E-state index in [1.807, 2.05) is 0 Å². The Morgan fingerprint density at radius 3 is 2.67 bits per heavy atom. The van der Waals surface area contributed by atoms with Crippen LogP contribution in [0, 0.1) is 20.8 Å². The lowest BCUT2D eigenvalue weighted by Gasteiger charge is -2.22. The van der Waals surface area contributed by atoms with Crippen molar-refractivity contribution in [3.63, 3.8) is 0 Å². The highest BCUT2D eigenvalue weighted by molar-refractivity contribution is 7.89. The van der Waals surface area contributed by atoms with E-state index in [0.29, 0.717) is 23.7 Å². The highest BCUT2D eigenvalue weighted by Gasteiger charge is 2.42. The number of rotatable bonds is 4. The van der Waals surface area contributed by atoms with Crippen LogP contribution in [-0.2, 0) is 14.8 Å². The normalized spacial score (nSPS) is 18.9. The number of sulfonamides is 1. The first-order valence-electron chi connectivity index (χ1n) is 7.36. The summed E-state index contributed by atoms with van der Waals surface area (Å²) in [6.07, 6.45) is 1.06. The first-order chi connectivity index (χ1) is 11.3. The Labute approximate surface area is 143 Å². The first-order valence-corrected chi connectivity index (χ1v) is 9.62. The molecule has 1 fully saturated rings. The van der Waals surface area contributed by atoms with Gasteiger partial charge >= 0.3 is 0 Å². The summed E-state index contributed by atoms with van der Waals surface area (Å²) in [5.74, 6) is -0.183. The molecule has 9 nitrogen and oxygen atoms in total. The molecule has 2 aromatic heterocycles. The van der Waals surface area contributed by atoms with Crippen molar-refractivity contribution >= 4 is 32.4 Å². The second-order valence-electron chi connectivity index (χ2n) is 5.54. The Kier molecular flexibility index (Phi) is 4.40. The van der Waals surface area contributed by atoms with E-state index in [1.54, 1.807) is 20.8 Å². The zero-order valence-corrected chi connectivity index (χ0v) is 15.1. The smallest absolute Gasteiger partial charge is 0.249 e. The zero-order valence-electron chi connectivity index (χ0n) is 13.4. The van der Waals surface area contributed by atoms with E-state index in [0.717, 1.165) is 5.01 Å². The van der Waals surface area contributed by atoms with Crippen LogP contribution in [0.1, 0.15) is 29.3 Å². The minimum absolute atomic E-state index is 0.0361. The van der Waals surface area contributed by atoms with Gasteiger partial charge in [-0.25, -0.2) is 8.42 Å². The molecule has 0 saturated carbocycles. The fraction of sp³-hybridized carbons (Fsp3) is 0.538. The second kappa shape index (κ2) is 6.22. The molecule has 3 heterocycles. The summed E-state index contributed by atoms with van der Waals surface area (Å²) in [6, 6.07) is -0.784. The van der Waals surface area contributed by atoms with Crippen molar-refractivity contribution in [1.29, 1.82) is 0 Å². The van der Waals surface area contributed by atoms with Crippen molar-refractivity contribution in [2.75, 3.05) is 11.9 Å². The van der Waals surface area contributed by atoms with Crippen LogP contribution < -0.4 is 5.32 Å². The predicted octanol–water partition coefficient (Wildman–Crippen LogP) is 1.24. The van der Waals surface area contributed by atoms with Crippen molar-refractivity contribution in [2.45, 2.75) is 44.6 Å². The fourth-order valence-corrected chi connectivity index (χ4v) is 5.33. The van der Waals surface area contributed by atoms with Crippen molar-refractivity contribution in [3.05, 3.63) is 16.5 Å². The highest BCUT2D eigenvalue weighted by atomic mass is 32.2. The summed E-state index contributed by atoms with van der Waals surface area (Å²) in [6.45, 7) is 5.16. The minimum atomic E-state index is -3.85. The number of amides is 1. The lowest BCUT2D eigenvalue weighted by atomic mass is 10.2. The number of carbonyl (C=O) groups excluding carboxylic acids is 1. The number of nitrogens with one attached hydrogen (secondary N) is 1. The molecule has 0 unspecified atom stereocenters. The molecule has 130 valence electrons. The van der Waals surface area contributed by atoms with Gasteiger partial charge in [-0.1, -0.05) is 16.5 Å². The molecule has 0 aromatic carbocycles. The van der Waals surface area contributed by atoms with Crippen LogP contribution in [0.3, 0.4) is 0 Å². The van der Waals surface area contributed by atoms with Crippen molar-refractivity contribution in [1.82, 2.24) is 19.7 Å². The third-order valence-corrected chi connectivity index (χ3v) is 6.70. The molecule has 0 bridgehead atoms. The van der Waals surface area contributed by atoms with Gasteiger partial charge in [0.25, 0.3) is 0 Å². The van der Waals surface area contributed by atoms with Crippen molar-refractivity contribution in [2.24, 2.45) is 0 Å². The van der Waals surface area contributed by atoms with E-state index in [9.17, 15) is 13.2 Å². The maximum Gasteiger partial charge on any atom is 0.249 e. The number of carbonyl (C=O) groups is 1. The minimum Gasteiger partial charge on any atom is -0.360 e. The van der Waals surface area contributed by atoms with Gasteiger partial charge in [-0.05, 0) is 33.6 Å². The molecule has 11 heteroatoms. The molecule has 1 N–H and O–H groups in total. The Balaban J connectivity index is 1.86. The van der Waals surface area contributed by atoms with Crippen LogP contribution in [0.4, 0.5) is 5.13 Å². The SMILES string of the molecule is Cc1nnc(NC(=O)[C@@H]2CCCN2S(=O)(=O)c2c(C)noc2C)s1. The topological polar surface area (TPSA) is 118 Å². The van der Waals surface area contributed by atoms with Gasteiger partial charge in [0.15, 0.2) is 5.76 Å². The Hall–Kier alpha value is -1.85. The average Bonchev–Trinajstić information content (AvgIpc) is 3.20. The molecule has 2 aromatic rings. The molecule has 1 aliphatic rings. The molecule has 1 atom stereocenters. The van der Waals surface area contributed by atoms with E-state index in [2.05, 4.69) is 20.7 Å². The van der Waals surface area contributed by atoms with E-state index >= 15 is 0 Å². The summed E-state index contributed by atoms with van der Waals surface area (Å²) in [7, 11) is -3.85. The van der Waals surface area contributed by atoms with Gasteiger partial charge in [0.1, 0.15) is 21.6 Å². The Morgan fingerprint density at radius 1 is 1.33 bits per heavy atom. The first kappa shape index (κ1) is 17.0. The summed E-state index contributed by atoms with van der Waals surface area (Å²) in [5.41, 5.74) is 0.290. The monoisotopic (exact) mass is 371 g/mol. The molecular weight excluding hydrogens is 354 g/mol. The van der Waals surface area contributed by atoms with Gasteiger partial charge in [-0.2, -0.15) is 4.31 Å². The molecule has 0 radical (unpaired) electrons. The summed E-state index contributed by atoms with van der Waals surface area (Å²) in [5, 5.41) is 15.1. The molecule has 1 saturated heterocycles. The van der Waals surface area contributed by atoms with Crippen LogP contribution in [0.25, 0.3) is 0 Å². The molecule has 1 aliphatic heterocycles. The summed E-state index contributed by atoms with van der Waals surface area (Å²) >= 11 is 1.24. The molecule has 0 spiro atoms. The molecular formula is C13H17N5O4S2. The number of nitrogens with zero attached hydrogens (tertiary/aromatic N) is 4. The maximum atomic E-state index is 12.9. The Morgan fingerprint density at radius 2 is 2.08 bits per heavy atom. The van der Waals surface area contributed by atoms with Gasteiger partial charge in [-0.15, -0.1) is 10.2 Å². The van der Waals surface area contributed by atoms with Crippen LogP contribution in [0.2, 0.25) is 0 Å². The standard InChI is InChI=1S/C13H17N5O4S2/c1-7-11(8(2)22-17-7)24(20,21)18-6-4-5-10(18)12(19)14-13-16-15-9(3)23-13/h10H,4-6H2,1-3H3,(H,14,16,19)/t10-/m0/s1. The summed E-state index contributed by atoms with van der Waals surface area (Å²) in [4.78, 5) is 12.5. The summed E-state index contributed by atoms with van der Waals surface area (Å²) < 4.78 is 32.0. The lowest BCUT2D eigenvalue weighted by Crippen LogP contribution is -2.43. The predicted molar refractivity (Wildman–Crippen MR) is 86.2 cm³/mol. The molecule has 1 amide bonds. The molecule has 24 heavy (non-hydrogen) atoms. The lowest BCUT2D eigenvalue weighted by molar-refractivity contribution is -0.119. The van der Waals surface area contributed by atoms with E-state index < -0.39 is 22.0 Å². The van der Waals surface area contributed by atoms with Crippen molar-refractivity contribution < 1.29 is 17.7 Å². The number of hydrogen-bond acceptors (Lipinski definition) is 8. The van der Waals surface area contributed by atoms with Crippen LogP contribution in [0.15, 0.2) is 9.42 Å². The third kappa shape index (κ3) is 2.94. The second-order valence-corrected chi connectivity index (χ2v) is 8.55. The van der Waals surface area contributed by atoms with Gasteiger partial charge < -0.3 is 4.52 Å². The number of hydrogen-bond donors (Lipinski definition) is 1. The Bertz CT molecular complexity index is 853. The zero-order chi connectivity index (χ0) is 17.5. The van der Waals surface area contributed by atoms with Crippen LogP contribution in [-0.4, -0.2) is 46.6 Å². The van der Waals surface area contributed by atoms with Gasteiger partial charge in [-0.3, -0.25) is 10.1 Å². The van der Waals surface area contributed by atoms with Crippen LogP contribution >= 0.6 is 11.3 Å². The highest BCUT2D eigenvalue weighted by Crippen LogP contribution is 2.30. The van der Waals surface area contributed by atoms with E-state index in [1.165, 1.54) is 15.6 Å². The van der Waals surface area contributed by atoms with Gasteiger partial charge in [0.2, 0.25) is 21.1 Å². The van der Waals surface area contributed by atoms with Crippen molar-refractivity contribution in [3.8, 4) is 0 Å². The van der Waals surface area contributed by atoms with Gasteiger partial charge in [0, 0.05) is 6.54 Å². The number of aryl methyl sites for hydroxylation is 3. The quantitative estimate of drug-likeness (QED) is 0.859. The fourth-order valence-electron chi connectivity index (χ4n) is 2.79. The van der Waals surface area contributed by atoms with E-state index in [4.69, 9.17) is 4.52 Å². The largest absolute Gasteiger partial charge is 0.360 e. The molecule has 0 aliphatic carbocycles. The van der Waals surface area contributed by atoms with Gasteiger partial charge in [0.05, 0.1) is 0 Å². The number of aromatic nitrogens is 3. The third-order valence-electron chi connectivity index (χ3n) is 3.80. The average molecular weight is 371 g/mol. The maximum absolute atomic E-state index is 12.9. The van der Waals surface area contributed by atoms with E-state index in [-0.39, 0.29) is 17.2 Å². The number of anilines is 1.